The summed E-state index contributed by atoms with van der Waals surface area (Å²) in [6.07, 6.45) is 4.21. The van der Waals surface area contributed by atoms with E-state index in [0.29, 0.717) is 0 Å². The zero-order chi connectivity index (χ0) is 8.27. The highest BCUT2D eigenvalue weighted by Crippen LogP contribution is 2.29. The first-order valence-corrected chi connectivity index (χ1v) is 4.95. The fourth-order valence-corrected chi connectivity index (χ4v) is 1.64. The molecule has 0 aromatic heterocycles. The van der Waals surface area contributed by atoms with Crippen molar-refractivity contribution in [1.82, 2.24) is 5.32 Å². The number of hydrogen-bond acceptors (Lipinski definition) is 1. The topological polar surface area (TPSA) is 12.0 Å². The molecule has 1 aliphatic carbocycles. The second kappa shape index (κ2) is 4.10. The minimum Gasteiger partial charge on any atom is -0.314 e. The van der Waals surface area contributed by atoms with Crippen LogP contribution in [0.4, 0.5) is 0 Å². The average molecular weight is 155 g/mol. The van der Waals surface area contributed by atoms with Crippen molar-refractivity contribution in [3.8, 4) is 0 Å². The summed E-state index contributed by atoms with van der Waals surface area (Å²) in [7, 11) is 0. The van der Waals surface area contributed by atoms with Gasteiger partial charge in [0.25, 0.3) is 0 Å². The fraction of sp³-hybridized carbons (Fsp3) is 1.00. The Morgan fingerprint density at radius 2 is 2.00 bits per heavy atom. The van der Waals surface area contributed by atoms with Crippen molar-refractivity contribution in [2.45, 2.75) is 46.1 Å². The minimum absolute atomic E-state index is 0.802. The lowest BCUT2D eigenvalue weighted by atomic mass is 9.78. The number of hydrogen-bond donors (Lipinski definition) is 1. The highest BCUT2D eigenvalue weighted by Gasteiger charge is 2.26. The van der Waals surface area contributed by atoms with Gasteiger partial charge in [0, 0.05) is 6.04 Å². The highest BCUT2D eigenvalue weighted by atomic mass is 14.9. The van der Waals surface area contributed by atoms with Crippen LogP contribution in [-0.2, 0) is 0 Å². The molecule has 0 amide bonds. The Morgan fingerprint density at radius 3 is 2.45 bits per heavy atom. The molecule has 0 bridgehead atoms. The van der Waals surface area contributed by atoms with E-state index >= 15 is 0 Å². The summed E-state index contributed by atoms with van der Waals surface area (Å²) >= 11 is 0. The van der Waals surface area contributed by atoms with Crippen molar-refractivity contribution >= 4 is 0 Å². The molecule has 0 heterocycles. The maximum absolute atomic E-state index is 3.58. The van der Waals surface area contributed by atoms with Gasteiger partial charge in [0.1, 0.15) is 0 Å². The van der Waals surface area contributed by atoms with Crippen LogP contribution in [0.2, 0.25) is 0 Å². The van der Waals surface area contributed by atoms with Gasteiger partial charge in [0.15, 0.2) is 0 Å². The fourth-order valence-electron chi connectivity index (χ4n) is 1.64. The van der Waals surface area contributed by atoms with E-state index in [4.69, 9.17) is 0 Å². The van der Waals surface area contributed by atoms with Crippen LogP contribution in [0.5, 0.6) is 0 Å². The molecule has 1 nitrogen and oxygen atoms in total. The van der Waals surface area contributed by atoms with E-state index in [2.05, 4.69) is 26.1 Å². The quantitative estimate of drug-likeness (QED) is 0.657. The molecule has 0 atom stereocenters. The maximum atomic E-state index is 3.58. The Labute approximate surface area is 70.6 Å². The van der Waals surface area contributed by atoms with Crippen molar-refractivity contribution in [3.63, 3.8) is 0 Å². The number of nitrogens with one attached hydrogen (secondary N) is 1. The molecule has 1 saturated carbocycles. The van der Waals surface area contributed by atoms with E-state index < -0.39 is 0 Å². The van der Waals surface area contributed by atoms with Gasteiger partial charge in [-0.2, -0.15) is 0 Å². The minimum atomic E-state index is 0.802. The Hall–Kier alpha value is -0.0400. The van der Waals surface area contributed by atoms with E-state index in [9.17, 15) is 0 Å². The second-order valence-electron chi connectivity index (χ2n) is 4.24. The first-order valence-electron chi connectivity index (χ1n) is 4.95. The molecule has 0 spiro atoms. The lowest BCUT2D eigenvalue weighted by Gasteiger charge is -2.35. The number of rotatable bonds is 4. The second-order valence-corrected chi connectivity index (χ2v) is 4.24. The molecule has 1 heteroatoms. The van der Waals surface area contributed by atoms with Crippen molar-refractivity contribution in [2.24, 2.45) is 11.8 Å². The van der Waals surface area contributed by atoms with Gasteiger partial charge in [-0.3, -0.25) is 0 Å². The van der Waals surface area contributed by atoms with Crippen molar-refractivity contribution in [3.05, 3.63) is 0 Å². The first kappa shape index (κ1) is 9.05. The summed E-state index contributed by atoms with van der Waals surface area (Å²) in [5.41, 5.74) is 0. The van der Waals surface area contributed by atoms with Gasteiger partial charge in [0.2, 0.25) is 0 Å². The van der Waals surface area contributed by atoms with Crippen LogP contribution in [0.25, 0.3) is 0 Å². The summed E-state index contributed by atoms with van der Waals surface area (Å²) in [6, 6.07) is 0.849. The van der Waals surface area contributed by atoms with E-state index in [1.54, 1.807) is 0 Å². The lowest BCUT2D eigenvalue weighted by Crippen LogP contribution is -2.42. The molecule has 11 heavy (non-hydrogen) atoms. The van der Waals surface area contributed by atoms with E-state index in [1.807, 2.05) is 0 Å². The molecule has 1 aliphatic rings. The molecule has 0 saturated heterocycles. The summed E-state index contributed by atoms with van der Waals surface area (Å²) in [6.45, 7) is 8.02. The van der Waals surface area contributed by atoms with Gasteiger partial charge in [-0.15, -0.1) is 0 Å². The molecule has 0 aromatic carbocycles. The third-order valence-corrected chi connectivity index (χ3v) is 2.63. The summed E-state index contributed by atoms with van der Waals surface area (Å²) in [4.78, 5) is 0. The summed E-state index contributed by atoms with van der Waals surface area (Å²) < 4.78 is 0. The van der Waals surface area contributed by atoms with Crippen LogP contribution in [0.1, 0.15) is 40.0 Å². The highest BCUT2D eigenvalue weighted by molar-refractivity contribution is 4.84. The zero-order valence-corrected chi connectivity index (χ0v) is 8.06. The lowest BCUT2D eigenvalue weighted by molar-refractivity contribution is 0.212. The molecule has 0 radical (unpaired) electrons. The van der Waals surface area contributed by atoms with Gasteiger partial charge >= 0.3 is 0 Å². The third-order valence-electron chi connectivity index (χ3n) is 2.63. The molecule has 1 N–H and O–H groups in total. The van der Waals surface area contributed by atoms with Crippen molar-refractivity contribution in [2.75, 3.05) is 6.54 Å². The SMILES string of the molecule is CC[C@H]1C[C@@H](NCC(C)C)C1. The van der Waals surface area contributed by atoms with Gasteiger partial charge in [-0.25, -0.2) is 0 Å². The Morgan fingerprint density at radius 1 is 1.36 bits per heavy atom. The van der Waals surface area contributed by atoms with Gasteiger partial charge < -0.3 is 5.32 Å². The van der Waals surface area contributed by atoms with Gasteiger partial charge in [-0.05, 0) is 31.2 Å². The molecular weight excluding hydrogens is 134 g/mol. The summed E-state index contributed by atoms with van der Waals surface area (Å²) in [5, 5.41) is 3.58. The van der Waals surface area contributed by atoms with Gasteiger partial charge in [0.05, 0.1) is 0 Å². The largest absolute Gasteiger partial charge is 0.314 e. The Balaban J connectivity index is 1.96. The van der Waals surface area contributed by atoms with Gasteiger partial charge in [-0.1, -0.05) is 27.2 Å². The Kier molecular flexibility index (Phi) is 3.38. The smallest absolute Gasteiger partial charge is 0.00724 e. The van der Waals surface area contributed by atoms with E-state index in [0.717, 1.165) is 17.9 Å². The van der Waals surface area contributed by atoms with Crippen LogP contribution in [0.15, 0.2) is 0 Å². The predicted octanol–water partition coefficient (Wildman–Crippen LogP) is 2.42. The van der Waals surface area contributed by atoms with Crippen LogP contribution < -0.4 is 5.32 Å². The van der Waals surface area contributed by atoms with Crippen LogP contribution in [-0.4, -0.2) is 12.6 Å². The zero-order valence-electron chi connectivity index (χ0n) is 8.06. The normalized spacial score (nSPS) is 30.5. The van der Waals surface area contributed by atoms with Crippen LogP contribution in [0.3, 0.4) is 0 Å². The molecular formula is C10H21N. The average Bonchev–Trinajstić information content (AvgIpc) is 1.84. The predicted molar refractivity (Wildman–Crippen MR) is 49.6 cm³/mol. The third kappa shape index (κ3) is 2.82. The van der Waals surface area contributed by atoms with E-state index in [-0.39, 0.29) is 0 Å². The molecule has 0 aromatic rings. The molecule has 1 fully saturated rings. The van der Waals surface area contributed by atoms with E-state index in [1.165, 1.54) is 25.8 Å². The maximum Gasteiger partial charge on any atom is 0.00724 e. The first-order chi connectivity index (χ1) is 5.22. The van der Waals surface area contributed by atoms with Crippen LogP contribution in [0, 0.1) is 11.8 Å². The molecule has 1 rings (SSSR count). The van der Waals surface area contributed by atoms with Crippen molar-refractivity contribution in [1.29, 1.82) is 0 Å². The Bertz CT molecular complexity index is 103. The standard InChI is InChI=1S/C10H21N/c1-4-9-5-10(6-9)11-7-8(2)3/h8-11H,4-7H2,1-3H3/t9-,10+. The molecule has 66 valence electrons. The molecule has 0 unspecified atom stereocenters. The van der Waals surface area contributed by atoms with Crippen molar-refractivity contribution < 1.29 is 0 Å². The summed E-state index contributed by atoms with van der Waals surface area (Å²) in [5.74, 6) is 1.83. The monoisotopic (exact) mass is 155 g/mol. The molecule has 0 aliphatic heterocycles. The van der Waals surface area contributed by atoms with Crippen LogP contribution >= 0.6 is 0 Å².